The number of hydrogen-bond donors (Lipinski definition) is 1. The average Bonchev–Trinajstić information content (AvgIpc) is 3.08. The van der Waals surface area contributed by atoms with Crippen molar-refractivity contribution in [1.29, 1.82) is 0 Å². The minimum absolute atomic E-state index is 0.176. The molecule has 0 aliphatic carbocycles. The van der Waals surface area contributed by atoms with E-state index >= 15 is 0 Å². The first-order valence-corrected chi connectivity index (χ1v) is 8.82. The molecule has 3 heterocycles. The highest BCUT2D eigenvalue weighted by Crippen LogP contribution is 2.24. The van der Waals surface area contributed by atoms with E-state index in [9.17, 15) is 9.59 Å². The molecule has 0 atom stereocenters. The molecule has 1 fully saturated rings. The number of rotatable bonds is 4. The first kappa shape index (κ1) is 16.2. The summed E-state index contributed by atoms with van der Waals surface area (Å²) in [7, 11) is 0. The predicted molar refractivity (Wildman–Crippen MR) is 96.3 cm³/mol. The number of nitrogens with one attached hydrogen (secondary N) is 1. The number of aromatic nitrogens is 4. The molecule has 8 heteroatoms. The topological polar surface area (TPSA) is 83.9 Å². The maximum absolute atomic E-state index is 12.1. The van der Waals surface area contributed by atoms with Crippen molar-refractivity contribution in [3.63, 3.8) is 0 Å². The SMILES string of the molecule is O=c1nc2n(CCCN3CCCC3)c3cc(Cl)ccc3nc-2c(=O)[nH]1. The number of aromatic amines is 1. The van der Waals surface area contributed by atoms with Gasteiger partial charge >= 0.3 is 5.69 Å². The van der Waals surface area contributed by atoms with Crippen LogP contribution in [0, 0.1) is 0 Å². The molecule has 0 bridgehead atoms. The van der Waals surface area contributed by atoms with E-state index in [2.05, 4.69) is 19.9 Å². The number of fused-ring (bicyclic) bond motifs is 2. The summed E-state index contributed by atoms with van der Waals surface area (Å²) in [4.78, 5) is 36.8. The Morgan fingerprint density at radius 3 is 2.72 bits per heavy atom. The number of likely N-dealkylation sites (tertiary alicyclic amines) is 1. The van der Waals surface area contributed by atoms with Gasteiger partial charge in [-0.05, 0) is 57.1 Å². The summed E-state index contributed by atoms with van der Waals surface area (Å²) in [6.45, 7) is 3.89. The summed E-state index contributed by atoms with van der Waals surface area (Å²) in [5, 5.41) is 0.578. The van der Waals surface area contributed by atoms with Gasteiger partial charge in [0.05, 0.1) is 11.0 Å². The maximum Gasteiger partial charge on any atom is 0.349 e. The second-order valence-electron chi connectivity index (χ2n) is 6.34. The first-order chi connectivity index (χ1) is 12.1. The lowest BCUT2D eigenvalue weighted by atomic mass is 10.2. The van der Waals surface area contributed by atoms with Crippen LogP contribution < -0.4 is 11.2 Å². The molecule has 130 valence electrons. The van der Waals surface area contributed by atoms with Crippen molar-refractivity contribution in [3.05, 3.63) is 44.1 Å². The Bertz CT molecular complexity index is 1010. The molecule has 1 N–H and O–H groups in total. The van der Waals surface area contributed by atoms with Gasteiger partial charge in [-0.2, -0.15) is 4.98 Å². The molecule has 25 heavy (non-hydrogen) atoms. The largest absolute Gasteiger partial charge is 0.349 e. The van der Waals surface area contributed by atoms with Crippen LogP contribution in [0.4, 0.5) is 0 Å². The Balaban J connectivity index is 1.80. The van der Waals surface area contributed by atoms with Crippen LogP contribution in [0.15, 0.2) is 27.8 Å². The molecule has 1 saturated heterocycles. The van der Waals surface area contributed by atoms with E-state index in [1.807, 2.05) is 4.57 Å². The van der Waals surface area contributed by atoms with Crippen molar-refractivity contribution in [2.24, 2.45) is 0 Å². The molecule has 3 aliphatic heterocycles. The molecule has 0 saturated carbocycles. The number of nitrogens with zero attached hydrogens (tertiary/aromatic N) is 4. The van der Waals surface area contributed by atoms with E-state index in [1.54, 1.807) is 18.2 Å². The average molecular weight is 360 g/mol. The van der Waals surface area contributed by atoms with Gasteiger partial charge in [-0.3, -0.25) is 9.78 Å². The van der Waals surface area contributed by atoms with Gasteiger partial charge in [0, 0.05) is 11.6 Å². The summed E-state index contributed by atoms with van der Waals surface area (Å²) in [6, 6.07) is 5.31. The quantitative estimate of drug-likeness (QED) is 0.717. The zero-order valence-electron chi connectivity index (χ0n) is 13.7. The molecule has 1 aromatic carbocycles. The molecular weight excluding hydrogens is 342 g/mol. The third-order valence-electron chi connectivity index (χ3n) is 4.63. The van der Waals surface area contributed by atoms with Crippen LogP contribution in [-0.4, -0.2) is 44.1 Å². The highest BCUT2D eigenvalue weighted by atomic mass is 35.5. The molecule has 0 unspecified atom stereocenters. The van der Waals surface area contributed by atoms with Crippen LogP contribution in [0.2, 0.25) is 5.02 Å². The van der Waals surface area contributed by atoms with E-state index < -0.39 is 11.2 Å². The Morgan fingerprint density at radius 1 is 1.12 bits per heavy atom. The van der Waals surface area contributed by atoms with Gasteiger partial charge in [-0.15, -0.1) is 0 Å². The third-order valence-corrected chi connectivity index (χ3v) is 4.86. The molecule has 0 radical (unpaired) electrons. The number of hydrogen-bond acceptors (Lipinski definition) is 5. The maximum atomic E-state index is 12.1. The molecule has 0 aromatic heterocycles. The molecule has 0 spiro atoms. The third kappa shape index (κ3) is 3.17. The molecule has 3 aliphatic rings. The predicted octanol–water partition coefficient (Wildman–Crippen LogP) is 1.72. The van der Waals surface area contributed by atoms with Gasteiger partial charge in [0.1, 0.15) is 0 Å². The molecule has 1 aromatic rings. The van der Waals surface area contributed by atoms with Crippen LogP contribution in [0.3, 0.4) is 0 Å². The standard InChI is InChI=1S/C17H18ClN5O2/c18-11-4-5-12-13(10-11)23(9-3-8-22-6-1-2-7-22)15-14(19-12)16(24)21-17(25)20-15/h4-5,10H,1-3,6-9H2,(H,21,24,25). The normalized spacial score (nSPS) is 15.4. The summed E-state index contributed by atoms with van der Waals surface area (Å²) in [5.41, 5.74) is 0.438. The van der Waals surface area contributed by atoms with Gasteiger partial charge in [0.15, 0.2) is 11.5 Å². The Morgan fingerprint density at radius 2 is 1.92 bits per heavy atom. The number of H-pyrrole nitrogens is 1. The van der Waals surface area contributed by atoms with E-state index in [1.165, 1.54) is 12.8 Å². The number of benzene rings is 1. The fourth-order valence-electron chi connectivity index (χ4n) is 3.45. The lowest BCUT2D eigenvalue weighted by Gasteiger charge is -2.19. The Kier molecular flexibility index (Phi) is 4.27. The van der Waals surface area contributed by atoms with Crippen molar-refractivity contribution in [2.75, 3.05) is 19.6 Å². The summed E-state index contributed by atoms with van der Waals surface area (Å²) >= 11 is 6.14. The van der Waals surface area contributed by atoms with E-state index in [4.69, 9.17) is 11.6 Å². The molecule has 7 nitrogen and oxygen atoms in total. The van der Waals surface area contributed by atoms with Crippen LogP contribution in [0.25, 0.3) is 22.6 Å². The number of halogens is 1. The zero-order valence-corrected chi connectivity index (χ0v) is 14.4. The van der Waals surface area contributed by atoms with Gasteiger partial charge in [0.25, 0.3) is 5.56 Å². The van der Waals surface area contributed by atoms with Crippen LogP contribution in [0.1, 0.15) is 19.3 Å². The van der Waals surface area contributed by atoms with Crippen LogP contribution in [-0.2, 0) is 6.54 Å². The van der Waals surface area contributed by atoms with Crippen LogP contribution >= 0.6 is 11.6 Å². The highest BCUT2D eigenvalue weighted by molar-refractivity contribution is 6.31. The van der Waals surface area contributed by atoms with Gasteiger partial charge in [-0.25, -0.2) is 9.78 Å². The fraction of sp³-hybridized carbons (Fsp3) is 0.412. The van der Waals surface area contributed by atoms with Gasteiger partial charge in [-0.1, -0.05) is 11.6 Å². The van der Waals surface area contributed by atoms with Crippen molar-refractivity contribution in [2.45, 2.75) is 25.8 Å². The van der Waals surface area contributed by atoms with Crippen molar-refractivity contribution < 1.29 is 0 Å². The van der Waals surface area contributed by atoms with E-state index in [-0.39, 0.29) is 5.69 Å². The van der Waals surface area contributed by atoms with Gasteiger partial charge < -0.3 is 9.47 Å². The smallest absolute Gasteiger partial charge is 0.322 e. The monoisotopic (exact) mass is 359 g/mol. The summed E-state index contributed by atoms with van der Waals surface area (Å²) in [6.07, 6.45) is 3.40. The van der Waals surface area contributed by atoms with Crippen molar-refractivity contribution in [1.82, 2.24) is 24.4 Å². The van der Waals surface area contributed by atoms with E-state index in [0.29, 0.717) is 22.9 Å². The Labute approximate surface area is 148 Å². The highest BCUT2D eigenvalue weighted by Gasteiger charge is 2.19. The fourth-order valence-corrected chi connectivity index (χ4v) is 3.62. The first-order valence-electron chi connectivity index (χ1n) is 8.44. The van der Waals surface area contributed by atoms with Gasteiger partial charge in [0.2, 0.25) is 0 Å². The minimum atomic E-state index is -0.658. The van der Waals surface area contributed by atoms with E-state index in [0.717, 1.165) is 31.6 Å². The second kappa shape index (κ2) is 6.57. The molecular formula is C17H18ClN5O2. The molecule has 4 rings (SSSR count). The lowest BCUT2D eigenvalue weighted by Crippen LogP contribution is -2.29. The second-order valence-corrected chi connectivity index (χ2v) is 6.78. The van der Waals surface area contributed by atoms with Crippen LogP contribution in [0.5, 0.6) is 0 Å². The lowest BCUT2D eigenvalue weighted by molar-refractivity contribution is 0.326. The molecule has 0 amide bonds. The number of aryl methyl sites for hydroxylation is 1. The summed E-state index contributed by atoms with van der Waals surface area (Å²) in [5.74, 6) is 0.310. The summed E-state index contributed by atoms with van der Waals surface area (Å²) < 4.78 is 1.89. The van der Waals surface area contributed by atoms with Crippen molar-refractivity contribution >= 4 is 22.6 Å². The Hall–Kier alpha value is -2.25. The van der Waals surface area contributed by atoms with Crippen molar-refractivity contribution in [3.8, 4) is 11.5 Å². The minimum Gasteiger partial charge on any atom is -0.322 e. The zero-order chi connectivity index (χ0) is 17.4.